The number of amides is 2. The summed E-state index contributed by atoms with van der Waals surface area (Å²) in [6, 6.07) is 5.43. The minimum Gasteiger partial charge on any atom is -0.493 e. The molecule has 9 heteroatoms. The first-order valence-electron chi connectivity index (χ1n) is 8.86. The van der Waals surface area contributed by atoms with Crippen LogP contribution in [-0.4, -0.2) is 73.0 Å². The summed E-state index contributed by atoms with van der Waals surface area (Å²) in [5, 5.41) is 0. The zero-order chi connectivity index (χ0) is 20.1. The number of rotatable bonds is 6. The molecule has 1 aromatic carbocycles. The van der Waals surface area contributed by atoms with Crippen LogP contribution in [0.4, 0.5) is 0 Å². The van der Waals surface area contributed by atoms with Crippen LogP contribution in [0, 0.1) is 0 Å². The summed E-state index contributed by atoms with van der Waals surface area (Å²) in [5.41, 5.74) is 0.808. The maximum atomic E-state index is 12.7. The second-order valence-corrected chi connectivity index (χ2v) is 7.87. The molecule has 7 nitrogen and oxygen atoms in total. The Kier molecular flexibility index (Phi) is 6.93. The normalized spacial score (nSPS) is 18.7. The zero-order valence-electron chi connectivity index (χ0n) is 15.8. The van der Waals surface area contributed by atoms with Crippen molar-refractivity contribution in [2.45, 2.75) is 6.42 Å². The third-order valence-electron chi connectivity index (χ3n) is 4.49. The van der Waals surface area contributed by atoms with E-state index in [0.29, 0.717) is 47.0 Å². The fourth-order valence-corrected chi connectivity index (χ4v) is 4.27. The highest BCUT2D eigenvalue weighted by Crippen LogP contribution is 2.34. The highest BCUT2D eigenvalue weighted by Gasteiger charge is 2.32. The van der Waals surface area contributed by atoms with Crippen molar-refractivity contribution in [2.24, 2.45) is 0 Å². The van der Waals surface area contributed by atoms with Crippen molar-refractivity contribution >= 4 is 46.2 Å². The molecule has 2 heterocycles. The second kappa shape index (κ2) is 9.40. The van der Waals surface area contributed by atoms with Crippen molar-refractivity contribution in [3.8, 4) is 11.5 Å². The molecule has 2 saturated heterocycles. The first kappa shape index (κ1) is 20.6. The molecule has 150 valence electrons. The van der Waals surface area contributed by atoms with Crippen LogP contribution in [0.2, 0.25) is 0 Å². The molecule has 3 rings (SSSR count). The van der Waals surface area contributed by atoms with Gasteiger partial charge in [0.1, 0.15) is 4.32 Å². The molecule has 2 fully saturated rings. The topological polar surface area (TPSA) is 68.3 Å². The van der Waals surface area contributed by atoms with Gasteiger partial charge in [-0.3, -0.25) is 14.5 Å². The Labute approximate surface area is 173 Å². The number of benzene rings is 1. The number of carbonyl (C=O) groups is 2. The first-order valence-corrected chi connectivity index (χ1v) is 10.1. The lowest BCUT2D eigenvalue weighted by atomic mass is 10.2. The van der Waals surface area contributed by atoms with Gasteiger partial charge < -0.3 is 19.1 Å². The monoisotopic (exact) mass is 422 g/mol. The van der Waals surface area contributed by atoms with Gasteiger partial charge in [-0.25, -0.2) is 0 Å². The fourth-order valence-electron chi connectivity index (χ4n) is 2.97. The van der Waals surface area contributed by atoms with E-state index >= 15 is 0 Å². The molecule has 0 aromatic heterocycles. The molecule has 0 aliphatic carbocycles. The molecular weight excluding hydrogens is 400 g/mol. The molecule has 0 bridgehead atoms. The highest BCUT2D eigenvalue weighted by molar-refractivity contribution is 8.26. The smallest absolute Gasteiger partial charge is 0.266 e. The minimum absolute atomic E-state index is 0.0150. The fraction of sp³-hybridized carbons (Fsp3) is 0.421. The third kappa shape index (κ3) is 4.65. The first-order chi connectivity index (χ1) is 13.5. The van der Waals surface area contributed by atoms with Crippen LogP contribution in [0.5, 0.6) is 11.5 Å². The van der Waals surface area contributed by atoms with Gasteiger partial charge in [-0.05, 0) is 23.8 Å². The number of ether oxygens (including phenoxy) is 3. The van der Waals surface area contributed by atoms with Crippen LogP contribution in [0.1, 0.15) is 12.0 Å². The van der Waals surface area contributed by atoms with Gasteiger partial charge in [0, 0.05) is 26.1 Å². The third-order valence-corrected chi connectivity index (χ3v) is 5.87. The molecule has 2 amide bonds. The van der Waals surface area contributed by atoms with Crippen LogP contribution < -0.4 is 9.47 Å². The predicted molar refractivity (Wildman–Crippen MR) is 111 cm³/mol. The van der Waals surface area contributed by atoms with Crippen molar-refractivity contribution in [3.05, 3.63) is 28.7 Å². The number of nitrogens with zero attached hydrogens (tertiary/aromatic N) is 2. The lowest BCUT2D eigenvalue weighted by Crippen LogP contribution is -2.42. The molecule has 2 aliphatic heterocycles. The maximum Gasteiger partial charge on any atom is 0.266 e. The predicted octanol–water partition coefficient (Wildman–Crippen LogP) is 2.15. The van der Waals surface area contributed by atoms with Gasteiger partial charge in [0.25, 0.3) is 5.91 Å². The van der Waals surface area contributed by atoms with E-state index in [9.17, 15) is 9.59 Å². The summed E-state index contributed by atoms with van der Waals surface area (Å²) in [4.78, 5) is 28.8. The number of hydrogen-bond acceptors (Lipinski definition) is 7. The van der Waals surface area contributed by atoms with Crippen LogP contribution in [0.25, 0.3) is 6.08 Å². The van der Waals surface area contributed by atoms with E-state index in [4.69, 9.17) is 26.4 Å². The standard InChI is InChI=1S/C19H22N2O5S2/c1-24-14-4-3-13(11-15(14)25-2)12-16-18(23)21(19(27)28-16)6-5-17(22)20-7-9-26-10-8-20/h3-4,11-12H,5-10H2,1-2H3/b16-12+. The molecule has 0 unspecified atom stereocenters. The summed E-state index contributed by atoms with van der Waals surface area (Å²) in [6.07, 6.45) is 2.02. The Morgan fingerprint density at radius 1 is 1.25 bits per heavy atom. The number of morpholine rings is 1. The number of methoxy groups -OCH3 is 2. The molecule has 0 atom stereocenters. The Balaban J connectivity index is 1.66. The SMILES string of the molecule is COc1ccc(/C=C2/SC(=S)N(CCC(=O)N3CCOCC3)C2=O)cc1OC. The van der Waals surface area contributed by atoms with Crippen molar-refractivity contribution in [1.29, 1.82) is 0 Å². The largest absolute Gasteiger partial charge is 0.493 e. The minimum atomic E-state index is -0.181. The Hall–Kier alpha value is -2.10. The van der Waals surface area contributed by atoms with E-state index in [1.807, 2.05) is 6.07 Å². The molecule has 2 aliphatic rings. The summed E-state index contributed by atoms with van der Waals surface area (Å²) >= 11 is 6.58. The van der Waals surface area contributed by atoms with Gasteiger partial charge >= 0.3 is 0 Å². The lowest BCUT2D eigenvalue weighted by Gasteiger charge is -2.27. The molecule has 1 aromatic rings. The van der Waals surface area contributed by atoms with Crippen LogP contribution in [0.15, 0.2) is 23.1 Å². The second-order valence-electron chi connectivity index (χ2n) is 6.19. The number of thioether (sulfide) groups is 1. The highest BCUT2D eigenvalue weighted by atomic mass is 32.2. The number of carbonyl (C=O) groups excluding carboxylic acids is 2. The van der Waals surface area contributed by atoms with E-state index in [0.717, 1.165) is 5.56 Å². The van der Waals surface area contributed by atoms with Crippen molar-refractivity contribution in [1.82, 2.24) is 9.80 Å². The van der Waals surface area contributed by atoms with Gasteiger partial charge in [-0.2, -0.15) is 0 Å². The molecule has 28 heavy (non-hydrogen) atoms. The van der Waals surface area contributed by atoms with E-state index in [1.165, 1.54) is 16.7 Å². The van der Waals surface area contributed by atoms with E-state index in [2.05, 4.69) is 0 Å². The van der Waals surface area contributed by atoms with Crippen LogP contribution in [0.3, 0.4) is 0 Å². The summed E-state index contributed by atoms with van der Waals surface area (Å²) < 4.78 is 16.3. The van der Waals surface area contributed by atoms with Gasteiger partial charge in [-0.1, -0.05) is 30.0 Å². The lowest BCUT2D eigenvalue weighted by molar-refractivity contribution is -0.135. The molecule has 0 N–H and O–H groups in total. The zero-order valence-corrected chi connectivity index (χ0v) is 17.4. The molecule has 0 saturated carbocycles. The Morgan fingerprint density at radius 2 is 1.96 bits per heavy atom. The Morgan fingerprint density at radius 3 is 2.64 bits per heavy atom. The van der Waals surface area contributed by atoms with Gasteiger partial charge in [0.15, 0.2) is 11.5 Å². The number of hydrogen-bond donors (Lipinski definition) is 0. The van der Waals surface area contributed by atoms with Gasteiger partial charge in [0.2, 0.25) is 5.91 Å². The maximum absolute atomic E-state index is 12.7. The van der Waals surface area contributed by atoms with Crippen LogP contribution in [-0.2, 0) is 14.3 Å². The van der Waals surface area contributed by atoms with E-state index in [1.54, 1.807) is 37.3 Å². The van der Waals surface area contributed by atoms with E-state index in [-0.39, 0.29) is 24.8 Å². The average Bonchev–Trinajstić information content (AvgIpc) is 2.99. The summed E-state index contributed by atoms with van der Waals surface area (Å²) in [6.45, 7) is 2.58. The van der Waals surface area contributed by atoms with Gasteiger partial charge in [-0.15, -0.1) is 0 Å². The van der Waals surface area contributed by atoms with Gasteiger partial charge in [0.05, 0.1) is 32.3 Å². The molecular formula is C19H22N2O5S2. The summed E-state index contributed by atoms with van der Waals surface area (Å²) in [7, 11) is 3.13. The summed E-state index contributed by atoms with van der Waals surface area (Å²) in [5.74, 6) is 1.04. The van der Waals surface area contributed by atoms with E-state index < -0.39 is 0 Å². The van der Waals surface area contributed by atoms with Crippen molar-refractivity contribution in [3.63, 3.8) is 0 Å². The van der Waals surface area contributed by atoms with Crippen LogP contribution >= 0.6 is 24.0 Å². The molecule has 0 radical (unpaired) electrons. The Bertz CT molecular complexity index is 806. The quantitative estimate of drug-likeness (QED) is 0.514. The molecule has 0 spiro atoms. The van der Waals surface area contributed by atoms with Crippen molar-refractivity contribution < 1.29 is 23.8 Å². The average molecular weight is 423 g/mol. The van der Waals surface area contributed by atoms with Crippen molar-refractivity contribution in [2.75, 3.05) is 47.1 Å². The number of thiocarbonyl (C=S) groups is 1.